The van der Waals surface area contributed by atoms with Crippen LogP contribution < -0.4 is 28.7 Å². The number of carbonyl (C=O) groups excluding carboxylic acids is 4. The van der Waals surface area contributed by atoms with Crippen molar-refractivity contribution in [3.8, 4) is 23.9 Å². The van der Waals surface area contributed by atoms with Gasteiger partial charge in [0.15, 0.2) is 24.8 Å². The summed E-state index contributed by atoms with van der Waals surface area (Å²) < 4.78 is 137. The van der Waals surface area contributed by atoms with Crippen LogP contribution in [0.25, 0.3) is 0 Å². The van der Waals surface area contributed by atoms with Crippen LogP contribution in [0, 0.1) is 34.5 Å². The number of pyridine rings is 2. The molecule has 2 aromatic carbocycles. The second kappa shape index (κ2) is 26.5. The van der Waals surface area contributed by atoms with Gasteiger partial charge in [0.2, 0.25) is 43.6 Å². The van der Waals surface area contributed by atoms with Crippen LogP contribution in [0.3, 0.4) is 0 Å². The molecule has 20 nitrogen and oxygen atoms in total. The van der Waals surface area contributed by atoms with Crippen molar-refractivity contribution in [3.05, 3.63) is 106 Å². The highest BCUT2D eigenvalue weighted by molar-refractivity contribution is 7.89. The van der Waals surface area contributed by atoms with E-state index in [-0.39, 0.29) is 111 Å². The van der Waals surface area contributed by atoms with Crippen LogP contribution in [-0.2, 0) is 50.6 Å². The summed E-state index contributed by atoms with van der Waals surface area (Å²) in [5.74, 6) is -6.03. The molecule has 0 spiro atoms. The Hall–Kier alpha value is -7.65. The van der Waals surface area contributed by atoms with Crippen molar-refractivity contribution >= 4 is 55.4 Å². The highest BCUT2D eigenvalue weighted by atomic mass is 32.2. The Morgan fingerprint density at radius 2 is 1.04 bits per heavy atom. The Labute approximate surface area is 428 Å². The van der Waals surface area contributed by atoms with Crippen LogP contribution in [0.4, 0.5) is 33.6 Å². The first-order valence-electron chi connectivity index (χ1n) is 23.1. The summed E-state index contributed by atoms with van der Waals surface area (Å²) in [4.78, 5) is 61.2. The van der Waals surface area contributed by atoms with Crippen molar-refractivity contribution < 1.29 is 76.9 Å². The van der Waals surface area contributed by atoms with E-state index in [0.717, 1.165) is 6.07 Å². The summed E-state index contributed by atoms with van der Waals surface area (Å²) in [6.45, 7) is 1.07. The summed E-state index contributed by atoms with van der Waals surface area (Å²) >= 11 is 0. The third-order valence-corrected chi connectivity index (χ3v) is 13.6. The number of piperidine rings is 2. The minimum absolute atomic E-state index is 0.000732. The highest BCUT2D eigenvalue weighted by Crippen LogP contribution is 2.33. The average Bonchev–Trinajstić information content (AvgIpc) is 3.37. The lowest BCUT2D eigenvalue weighted by Gasteiger charge is -2.32. The first-order chi connectivity index (χ1) is 35.5. The van der Waals surface area contributed by atoms with Gasteiger partial charge in [-0.15, -0.1) is 0 Å². The second-order valence-corrected chi connectivity index (χ2v) is 20.1. The van der Waals surface area contributed by atoms with Crippen LogP contribution in [0.5, 0.6) is 11.8 Å². The molecule has 402 valence electrons. The predicted octanol–water partition coefficient (Wildman–Crippen LogP) is 5.57. The molecule has 2 amide bonds. The Bertz CT molecular complexity index is 2960. The van der Waals surface area contributed by atoms with E-state index in [1.807, 2.05) is 12.1 Å². The molecule has 4 aromatic rings. The van der Waals surface area contributed by atoms with Gasteiger partial charge in [0.25, 0.3) is 6.43 Å². The first kappa shape index (κ1) is 58.2. The van der Waals surface area contributed by atoms with Crippen molar-refractivity contribution in [2.24, 2.45) is 11.8 Å². The Kier molecular flexibility index (Phi) is 20.6. The Balaban J connectivity index is 0.000000277. The quantitative estimate of drug-likeness (QED) is 0.0857. The molecule has 2 aliphatic rings. The molecule has 2 N–H and O–H groups in total. The van der Waals surface area contributed by atoms with Crippen LogP contribution >= 0.6 is 0 Å². The van der Waals surface area contributed by atoms with Gasteiger partial charge in [-0.3, -0.25) is 19.0 Å². The van der Waals surface area contributed by atoms with E-state index in [4.69, 9.17) is 18.9 Å². The topological polar surface area (TPSA) is 277 Å². The summed E-state index contributed by atoms with van der Waals surface area (Å²) in [5.41, 5.74) is 0.299. The van der Waals surface area contributed by atoms with Crippen molar-refractivity contribution in [2.75, 3.05) is 62.4 Å². The number of hydrogen-bond acceptors (Lipinski definition) is 18. The lowest BCUT2D eigenvalue weighted by molar-refractivity contribution is -0.154. The molecule has 2 aliphatic heterocycles. The molecule has 0 saturated carbocycles. The number of sulfonamides is 2. The molecule has 4 heterocycles. The second-order valence-electron chi connectivity index (χ2n) is 16.6. The normalized spacial score (nSPS) is 14.3. The number of benzene rings is 2. The van der Waals surface area contributed by atoms with Crippen molar-refractivity contribution in [1.82, 2.24) is 19.4 Å². The number of alkyl halides is 5. The molecular weight excluding hydrogens is 1040 g/mol. The van der Waals surface area contributed by atoms with Gasteiger partial charge in [-0.05, 0) is 62.8 Å². The predicted molar refractivity (Wildman–Crippen MR) is 257 cm³/mol. The molecule has 0 atom stereocenters. The first-order valence-corrected chi connectivity index (χ1v) is 26.4. The number of carbonyl (C=O) groups is 4. The third-order valence-electron chi connectivity index (χ3n) is 11.1. The fourth-order valence-electron chi connectivity index (χ4n) is 7.68. The number of nitriles is 2. The molecule has 2 fully saturated rings. The molecule has 0 bridgehead atoms. The summed E-state index contributed by atoms with van der Waals surface area (Å²) in [5, 5.41) is 19.2. The zero-order valence-corrected chi connectivity index (χ0v) is 42.0. The van der Waals surface area contributed by atoms with Crippen molar-refractivity contribution in [1.29, 1.82) is 10.5 Å². The minimum atomic E-state index is -4.70. The smallest absolute Gasteiger partial charge is 0.422 e. The maximum Gasteiger partial charge on any atom is 0.422 e. The minimum Gasteiger partial charge on any atom is -0.471 e. The van der Waals surface area contributed by atoms with E-state index in [9.17, 15) is 68.5 Å². The number of nitrogens with one attached hydrogen (secondary N) is 2. The number of amides is 2. The molecule has 0 radical (unpaired) electrons. The van der Waals surface area contributed by atoms with E-state index in [1.54, 1.807) is 77.4 Å². The SMILES string of the molecule is CCOC(=O)c1cc(C#N)c(N2CCC(C(=O)NS(=O)(=O)Cc3ccccc3)CC2)nc1OCC(F)(F)F.CCOC(=O)c1cc(C#N)c(N2CCC(C(=O)NS(=O)(=O)Cc3ccccc3)CC2)nc1OCC(F)F. The molecule has 6 rings (SSSR count). The third kappa shape index (κ3) is 17.5. The number of nitrogens with zero attached hydrogens (tertiary/aromatic N) is 6. The number of anilines is 2. The van der Waals surface area contributed by atoms with Crippen molar-refractivity contribution in [2.45, 2.75) is 63.6 Å². The van der Waals surface area contributed by atoms with E-state index in [2.05, 4.69) is 19.4 Å². The molecule has 0 aliphatic carbocycles. The number of esters is 2. The maximum atomic E-state index is 12.8. The molecule has 0 unspecified atom stereocenters. The van der Waals surface area contributed by atoms with E-state index in [1.165, 1.54) is 13.0 Å². The number of rotatable bonds is 19. The van der Waals surface area contributed by atoms with Crippen LogP contribution in [0.15, 0.2) is 72.8 Å². The molecule has 27 heteroatoms. The standard InChI is InChI=1S/C24H25F3N4O6S.C24H26F2N4O6S/c1-2-36-23(33)19-12-18(13-28)20(29-22(19)37-15-24(25,26)27)31-10-8-17(9-11-31)21(32)30-38(34,35)14-16-6-4-3-5-7-16;1-2-35-24(32)19-12-18(13-27)21(28-23(19)36-14-20(25)26)30-10-8-17(9-11-30)22(31)29-37(33,34)15-16-6-4-3-5-7-16/h3-7,12,17H,2,8-11,14-15H2,1H3,(H,30,32);3-7,12,17,20H,2,8-11,14-15H2,1H3,(H,29,31). The Morgan fingerprint density at radius 3 is 1.37 bits per heavy atom. The van der Waals surface area contributed by atoms with E-state index in [0.29, 0.717) is 11.1 Å². The van der Waals surface area contributed by atoms with E-state index < -0.39 is 92.9 Å². The van der Waals surface area contributed by atoms with E-state index >= 15 is 0 Å². The van der Waals surface area contributed by atoms with Gasteiger partial charge in [0.1, 0.15) is 23.3 Å². The Morgan fingerprint density at radius 1 is 0.667 bits per heavy atom. The summed E-state index contributed by atoms with van der Waals surface area (Å²) in [6, 6.07) is 22.9. The van der Waals surface area contributed by atoms with Crippen LogP contribution in [-0.4, -0.2) is 116 Å². The zero-order chi connectivity index (χ0) is 54.9. The fourth-order valence-corrected chi connectivity index (χ4v) is 10.0. The molecular formula is C48H51F5N8O12S2. The molecule has 2 aromatic heterocycles. The lowest BCUT2D eigenvalue weighted by Crippen LogP contribution is -2.43. The van der Waals surface area contributed by atoms with Gasteiger partial charge in [-0.2, -0.15) is 33.7 Å². The van der Waals surface area contributed by atoms with Crippen LogP contribution in [0.2, 0.25) is 0 Å². The number of ether oxygens (including phenoxy) is 4. The van der Waals surface area contributed by atoms with Gasteiger partial charge in [0, 0.05) is 38.0 Å². The van der Waals surface area contributed by atoms with Gasteiger partial charge < -0.3 is 28.7 Å². The van der Waals surface area contributed by atoms with Gasteiger partial charge in [-0.1, -0.05) is 60.7 Å². The number of hydrogen-bond donors (Lipinski definition) is 2. The van der Waals surface area contributed by atoms with Crippen molar-refractivity contribution in [3.63, 3.8) is 0 Å². The van der Waals surface area contributed by atoms with Crippen LogP contribution in [0.1, 0.15) is 82.5 Å². The van der Waals surface area contributed by atoms with Gasteiger partial charge in [-0.25, -0.2) is 35.2 Å². The number of aromatic nitrogens is 2. The molecule has 2 saturated heterocycles. The maximum absolute atomic E-state index is 12.8. The van der Waals surface area contributed by atoms with Gasteiger partial charge in [0.05, 0.1) is 35.8 Å². The summed E-state index contributed by atoms with van der Waals surface area (Å²) in [6.07, 6.45) is -6.62. The zero-order valence-electron chi connectivity index (χ0n) is 40.3. The number of halogens is 5. The fraction of sp³-hybridized carbons (Fsp3) is 0.417. The molecule has 75 heavy (non-hydrogen) atoms. The monoisotopic (exact) mass is 1090 g/mol. The summed E-state index contributed by atoms with van der Waals surface area (Å²) in [7, 11) is -7.81. The van der Waals surface area contributed by atoms with Gasteiger partial charge >= 0.3 is 18.1 Å². The largest absolute Gasteiger partial charge is 0.471 e. The lowest BCUT2D eigenvalue weighted by atomic mass is 9.96. The average molecular weight is 1090 g/mol. The highest BCUT2D eigenvalue weighted by Gasteiger charge is 2.34.